The lowest BCUT2D eigenvalue weighted by Crippen LogP contribution is -2.39. The quantitative estimate of drug-likeness (QED) is 0.173. The molecule has 0 amide bonds. The van der Waals surface area contributed by atoms with E-state index >= 15 is 0 Å². The van der Waals surface area contributed by atoms with Crippen LogP contribution in [0.2, 0.25) is 10.0 Å². The van der Waals surface area contributed by atoms with Crippen molar-refractivity contribution in [3.8, 4) is 11.3 Å². The molecule has 0 radical (unpaired) electrons. The molecule has 0 aliphatic carbocycles. The molecule has 0 bridgehead atoms. The maximum absolute atomic E-state index is 13.7. The van der Waals surface area contributed by atoms with Crippen molar-refractivity contribution in [3.05, 3.63) is 117 Å². The predicted molar refractivity (Wildman–Crippen MR) is 148 cm³/mol. The molecule has 39 heavy (non-hydrogen) atoms. The highest BCUT2D eigenvalue weighted by Crippen LogP contribution is 2.33. The van der Waals surface area contributed by atoms with Gasteiger partial charge in [0.15, 0.2) is 4.80 Å². The Morgan fingerprint density at radius 1 is 1.21 bits per heavy atom. The molecule has 0 saturated carbocycles. The average Bonchev–Trinajstić information content (AvgIpc) is 3.48. The number of hydrogen-bond donors (Lipinski definition) is 0. The van der Waals surface area contributed by atoms with Gasteiger partial charge >= 0.3 is 5.97 Å². The van der Waals surface area contributed by atoms with Crippen LogP contribution in [0.4, 0.5) is 5.69 Å². The molecule has 198 valence electrons. The van der Waals surface area contributed by atoms with Gasteiger partial charge in [0.2, 0.25) is 0 Å². The van der Waals surface area contributed by atoms with Crippen LogP contribution in [0.25, 0.3) is 17.4 Å². The van der Waals surface area contributed by atoms with E-state index < -0.39 is 16.9 Å². The predicted octanol–water partition coefficient (Wildman–Crippen LogP) is 5.27. The van der Waals surface area contributed by atoms with Crippen molar-refractivity contribution >= 4 is 52.3 Å². The lowest BCUT2D eigenvalue weighted by molar-refractivity contribution is -0.384. The molecule has 2 aromatic carbocycles. The van der Waals surface area contributed by atoms with Gasteiger partial charge in [0, 0.05) is 28.8 Å². The molecular formula is C27H19Cl2N3O6S. The monoisotopic (exact) mass is 583 g/mol. The summed E-state index contributed by atoms with van der Waals surface area (Å²) in [5.74, 6) is 0.0851. The number of thiazole rings is 1. The second-order valence-corrected chi connectivity index (χ2v) is 10.3. The van der Waals surface area contributed by atoms with E-state index in [1.54, 1.807) is 56.3 Å². The first kappa shape index (κ1) is 26.6. The molecule has 0 N–H and O–H groups in total. The summed E-state index contributed by atoms with van der Waals surface area (Å²) in [5, 5.41) is 12.0. The van der Waals surface area contributed by atoms with Crippen molar-refractivity contribution in [3.63, 3.8) is 0 Å². The van der Waals surface area contributed by atoms with Crippen molar-refractivity contribution in [1.29, 1.82) is 0 Å². The number of nitrogens with zero attached hydrogens (tertiary/aromatic N) is 3. The zero-order valence-corrected chi connectivity index (χ0v) is 22.8. The van der Waals surface area contributed by atoms with Crippen molar-refractivity contribution in [2.75, 3.05) is 6.61 Å². The number of aromatic nitrogens is 1. The SMILES string of the molecule is CCOC(=O)C1=C(C)N=c2s/c(=C/c3ccc(-c4cc([N+](=O)[O-])ccc4Cl)o3)c(=O)n2[C@H]1c1ccc(Cl)cc1. The third kappa shape index (κ3) is 5.06. The van der Waals surface area contributed by atoms with Crippen molar-refractivity contribution < 1.29 is 18.9 Å². The number of carbonyl (C=O) groups excluding carboxylic acids is 1. The van der Waals surface area contributed by atoms with Gasteiger partial charge in [-0.2, -0.15) is 0 Å². The lowest BCUT2D eigenvalue weighted by atomic mass is 9.96. The summed E-state index contributed by atoms with van der Waals surface area (Å²) in [6.07, 6.45) is 1.56. The van der Waals surface area contributed by atoms with Crippen molar-refractivity contribution in [1.82, 2.24) is 4.57 Å². The smallest absolute Gasteiger partial charge is 0.338 e. The van der Waals surface area contributed by atoms with Crippen LogP contribution in [0.15, 0.2) is 80.1 Å². The maximum Gasteiger partial charge on any atom is 0.338 e. The highest BCUT2D eigenvalue weighted by Gasteiger charge is 2.33. The molecule has 0 fully saturated rings. The summed E-state index contributed by atoms with van der Waals surface area (Å²) >= 11 is 13.5. The van der Waals surface area contributed by atoms with Gasteiger partial charge in [0.05, 0.1) is 38.4 Å². The van der Waals surface area contributed by atoms with Gasteiger partial charge in [0.25, 0.3) is 11.2 Å². The number of halogens is 2. The van der Waals surface area contributed by atoms with Crippen LogP contribution < -0.4 is 14.9 Å². The number of ether oxygens (including phenoxy) is 1. The normalized spacial score (nSPS) is 15.2. The number of carbonyl (C=O) groups is 1. The van der Waals surface area contributed by atoms with Crippen molar-refractivity contribution in [2.45, 2.75) is 19.9 Å². The number of hydrogen-bond acceptors (Lipinski definition) is 8. The minimum absolute atomic E-state index is 0.129. The molecule has 0 unspecified atom stereocenters. The highest BCUT2D eigenvalue weighted by atomic mass is 35.5. The van der Waals surface area contributed by atoms with Crippen LogP contribution in [0.5, 0.6) is 0 Å². The molecule has 0 saturated heterocycles. The zero-order chi connectivity index (χ0) is 27.8. The number of benzene rings is 2. The van der Waals surface area contributed by atoms with Crippen LogP contribution in [0, 0.1) is 10.1 Å². The first-order chi connectivity index (χ1) is 18.7. The molecule has 1 aliphatic heterocycles. The van der Waals surface area contributed by atoms with Gasteiger partial charge in [-0.3, -0.25) is 19.5 Å². The van der Waals surface area contributed by atoms with E-state index in [1.165, 1.54) is 22.8 Å². The van der Waals surface area contributed by atoms with Crippen LogP contribution >= 0.6 is 34.5 Å². The number of nitro benzene ring substituents is 1. The fourth-order valence-corrected chi connectivity index (χ4v) is 5.64. The number of fused-ring (bicyclic) bond motifs is 1. The Bertz CT molecular complexity index is 1840. The summed E-state index contributed by atoms with van der Waals surface area (Å²) < 4.78 is 12.9. The summed E-state index contributed by atoms with van der Waals surface area (Å²) in [6.45, 7) is 3.58. The van der Waals surface area contributed by atoms with Gasteiger partial charge in [-0.25, -0.2) is 9.79 Å². The second-order valence-electron chi connectivity index (χ2n) is 8.48. The molecular weight excluding hydrogens is 565 g/mol. The van der Waals surface area contributed by atoms with E-state index in [1.807, 2.05) is 0 Å². The van der Waals surface area contributed by atoms with Crippen LogP contribution in [-0.4, -0.2) is 22.1 Å². The standard InChI is InChI=1S/C27H19Cl2N3O6S/c1-3-37-26(34)23-14(2)30-27-31(24(23)15-4-6-16(28)7-5-15)25(33)22(39-27)13-18-9-11-21(38-18)19-12-17(32(35)36)8-10-20(19)29/h4-13,24H,3H2,1-2H3/b22-13+/t24-/m0/s1. The van der Waals surface area contributed by atoms with E-state index in [2.05, 4.69) is 4.99 Å². The Kier molecular flexibility index (Phi) is 7.26. The first-order valence-electron chi connectivity index (χ1n) is 11.7. The number of nitro groups is 1. The number of furan rings is 1. The largest absolute Gasteiger partial charge is 0.463 e. The van der Waals surface area contributed by atoms with Gasteiger partial charge in [-0.15, -0.1) is 0 Å². The lowest BCUT2D eigenvalue weighted by Gasteiger charge is -2.24. The van der Waals surface area contributed by atoms with Crippen molar-refractivity contribution in [2.24, 2.45) is 4.99 Å². The van der Waals surface area contributed by atoms with E-state index in [4.69, 9.17) is 32.4 Å². The zero-order valence-electron chi connectivity index (χ0n) is 20.5. The number of rotatable bonds is 6. The number of esters is 1. The van der Waals surface area contributed by atoms with E-state index in [0.717, 1.165) is 11.3 Å². The Balaban J connectivity index is 1.62. The topological polar surface area (TPSA) is 117 Å². The average molecular weight is 584 g/mol. The summed E-state index contributed by atoms with van der Waals surface area (Å²) in [7, 11) is 0. The minimum Gasteiger partial charge on any atom is -0.463 e. The fourth-order valence-electron chi connectivity index (χ4n) is 4.27. The highest BCUT2D eigenvalue weighted by molar-refractivity contribution is 7.07. The minimum atomic E-state index is -0.768. The van der Waals surface area contributed by atoms with E-state index in [-0.39, 0.29) is 28.4 Å². The maximum atomic E-state index is 13.7. The van der Waals surface area contributed by atoms with E-state index in [0.29, 0.717) is 42.7 Å². The summed E-state index contributed by atoms with van der Waals surface area (Å²) in [4.78, 5) is 42.3. The summed E-state index contributed by atoms with van der Waals surface area (Å²) in [5.41, 5.74) is 1.23. The number of allylic oxidation sites excluding steroid dienone is 1. The molecule has 1 atom stereocenters. The molecule has 9 nitrogen and oxygen atoms in total. The molecule has 1 aliphatic rings. The van der Waals surface area contributed by atoms with Crippen LogP contribution in [0.3, 0.4) is 0 Å². The molecule has 4 aromatic rings. The van der Waals surface area contributed by atoms with E-state index in [9.17, 15) is 19.7 Å². The molecule has 3 heterocycles. The Morgan fingerprint density at radius 3 is 2.64 bits per heavy atom. The second kappa shape index (κ2) is 10.6. The molecule has 5 rings (SSSR count). The molecule has 0 spiro atoms. The number of non-ortho nitro benzene ring substituents is 1. The third-order valence-corrected chi connectivity index (χ3v) is 7.59. The Hall–Kier alpha value is -3.99. The van der Waals surface area contributed by atoms with Gasteiger partial charge < -0.3 is 9.15 Å². The molecule has 12 heteroatoms. The fraction of sp³-hybridized carbons (Fsp3) is 0.148. The van der Waals surface area contributed by atoms with Crippen LogP contribution in [0.1, 0.15) is 31.2 Å². The Morgan fingerprint density at radius 2 is 1.95 bits per heavy atom. The Labute approximate surface area is 235 Å². The van der Waals surface area contributed by atoms with Gasteiger partial charge in [-0.05, 0) is 49.7 Å². The molecule has 2 aromatic heterocycles. The first-order valence-corrected chi connectivity index (χ1v) is 13.2. The van der Waals surface area contributed by atoms with Gasteiger partial charge in [-0.1, -0.05) is 46.7 Å². The van der Waals surface area contributed by atoms with Crippen LogP contribution in [-0.2, 0) is 9.53 Å². The summed E-state index contributed by atoms with van der Waals surface area (Å²) in [6, 6.07) is 13.4. The van der Waals surface area contributed by atoms with Gasteiger partial charge in [0.1, 0.15) is 11.5 Å². The third-order valence-electron chi connectivity index (χ3n) is 6.03.